The summed E-state index contributed by atoms with van der Waals surface area (Å²) in [6.45, 7) is 3.81. The fourth-order valence-electron chi connectivity index (χ4n) is 4.02. The largest absolute Gasteiger partial charge is 0.507 e. The van der Waals surface area contributed by atoms with Crippen LogP contribution in [0.25, 0.3) is 5.76 Å². The van der Waals surface area contributed by atoms with Crippen LogP contribution in [-0.4, -0.2) is 23.9 Å². The van der Waals surface area contributed by atoms with Crippen LogP contribution in [0.4, 0.5) is 5.69 Å². The highest BCUT2D eigenvalue weighted by molar-refractivity contribution is 6.51. The molecule has 1 unspecified atom stereocenters. The normalized spacial score (nSPS) is 17.6. The molecule has 3 aromatic carbocycles. The van der Waals surface area contributed by atoms with Gasteiger partial charge < -0.3 is 9.84 Å². The Bertz CT molecular complexity index is 1250. The lowest BCUT2D eigenvalue weighted by atomic mass is 9.94. The molecule has 6 heteroatoms. The molecule has 1 aliphatic rings. The van der Waals surface area contributed by atoms with Crippen molar-refractivity contribution in [3.8, 4) is 5.75 Å². The average molecular weight is 448 g/mol. The third-order valence-corrected chi connectivity index (χ3v) is 5.84. The van der Waals surface area contributed by atoms with Gasteiger partial charge in [-0.2, -0.15) is 0 Å². The SMILES string of the molecule is COc1ccc(Cl)cc1/C(O)=C1\C(=O)C(=O)N(c2cc(C)ccc2C)C1c1ccccc1. The number of amides is 1. The van der Waals surface area contributed by atoms with E-state index in [2.05, 4.69) is 0 Å². The van der Waals surface area contributed by atoms with Crippen LogP contribution in [0.3, 0.4) is 0 Å². The summed E-state index contributed by atoms with van der Waals surface area (Å²) in [7, 11) is 1.46. The van der Waals surface area contributed by atoms with E-state index in [1.807, 2.05) is 62.4 Å². The number of aryl methyl sites for hydroxylation is 2. The molecule has 5 nitrogen and oxygen atoms in total. The number of aliphatic hydroxyl groups excluding tert-OH is 1. The zero-order valence-electron chi connectivity index (χ0n) is 17.9. The van der Waals surface area contributed by atoms with Gasteiger partial charge in [-0.3, -0.25) is 14.5 Å². The minimum absolute atomic E-state index is 0.0114. The van der Waals surface area contributed by atoms with Crippen molar-refractivity contribution in [2.24, 2.45) is 0 Å². The molecular formula is C26H22ClNO4. The van der Waals surface area contributed by atoms with Crippen molar-refractivity contribution in [1.29, 1.82) is 0 Å². The lowest BCUT2D eigenvalue weighted by Crippen LogP contribution is -2.30. The number of methoxy groups -OCH3 is 1. The first-order valence-electron chi connectivity index (χ1n) is 10.1. The van der Waals surface area contributed by atoms with Gasteiger partial charge in [-0.15, -0.1) is 0 Å². The summed E-state index contributed by atoms with van der Waals surface area (Å²) in [4.78, 5) is 28.0. The maximum Gasteiger partial charge on any atom is 0.300 e. The number of ketones is 1. The predicted octanol–water partition coefficient (Wildman–Crippen LogP) is 5.59. The van der Waals surface area contributed by atoms with E-state index in [1.165, 1.54) is 18.1 Å². The van der Waals surface area contributed by atoms with Crippen LogP contribution < -0.4 is 9.64 Å². The van der Waals surface area contributed by atoms with Gasteiger partial charge in [0.1, 0.15) is 11.5 Å². The van der Waals surface area contributed by atoms with Crippen LogP contribution in [0.2, 0.25) is 5.02 Å². The van der Waals surface area contributed by atoms with E-state index in [-0.39, 0.29) is 16.9 Å². The fourth-order valence-corrected chi connectivity index (χ4v) is 4.19. The molecule has 1 atom stereocenters. The highest BCUT2D eigenvalue weighted by Crippen LogP contribution is 2.44. The maximum absolute atomic E-state index is 13.3. The van der Waals surface area contributed by atoms with Gasteiger partial charge in [0.05, 0.1) is 24.3 Å². The van der Waals surface area contributed by atoms with E-state index in [9.17, 15) is 14.7 Å². The van der Waals surface area contributed by atoms with Gasteiger partial charge in [0.15, 0.2) is 0 Å². The second kappa shape index (κ2) is 8.52. The fraction of sp³-hybridized carbons (Fsp3) is 0.154. The van der Waals surface area contributed by atoms with Gasteiger partial charge in [-0.1, -0.05) is 54.1 Å². The molecular weight excluding hydrogens is 426 g/mol. The van der Waals surface area contributed by atoms with Crippen LogP contribution in [0.1, 0.15) is 28.3 Å². The Labute approximate surface area is 191 Å². The number of ether oxygens (including phenoxy) is 1. The first-order chi connectivity index (χ1) is 15.3. The zero-order chi connectivity index (χ0) is 23.0. The average Bonchev–Trinajstić information content (AvgIpc) is 3.06. The standard InChI is InChI=1S/C26H22ClNO4/c1-15-9-10-16(2)20(13-15)28-23(17-7-5-4-6-8-17)22(25(30)26(28)31)24(29)19-14-18(27)11-12-21(19)32-3/h4-14,23,29H,1-3H3/b24-22+. The number of anilines is 1. The van der Waals surface area contributed by atoms with Crippen LogP contribution in [0, 0.1) is 13.8 Å². The molecule has 1 N–H and O–H groups in total. The smallest absolute Gasteiger partial charge is 0.300 e. The van der Waals surface area contributed by atoms with E-state index in [4.69, 9.17) is 16.3 Å². The van der Waals surface area contributed by atoms with Crippen molar-refractivity contribution in [3.63, 3.8) is 0 Å². The molecule has 1 saturated heterocycles. The molecule has 0 bridgehead atoms. The van der Waals surface area contributed by atoms with Gasteiger partial charge in [0.25, 0.3) is 11.7 Å². The molecule has 4 rings (SSSR count). The molecule has 162 valence electrons. The lowest BCUT2D eigenvalue weighted by molar-refractivity contribution is -0.132. The topological polar surface area (TPSA) is 66.8 Å². The second-order valence-corrected chi connectivity index (χ2v) is 8.15. The number of carbonyl (C=O) groups is 2. The molecule has 3 aromatic rings. The minimum atomic E-state index is -0.805. The highest BCUT2D eigenvalue weighted by atomic mass is 35.5. The van der Waals surface area contributed by atoms with Gasteiger partial charge in [0, 0.05) is 10.7 Å². The predicted molar refractivity (Wildman–Crippen MR) is 125 cm³/mol. The number of aliphatic hydroxyl groups is 1. The van der Waals surface area contributed by atoms with E-state index in [1.54, 1.807) is 12.1 Å². The molecule has 0 aromatic heterocycles. The Morgan fingerprint density at radius 1 is 1.00 bits per heavy atom. The minimum Gasteiger partial charge on any atom is -0.507 e. The molecule has 1 amide bonds. The van der Waals surface area contributed by atoms with Crippen molar-refractivity contribution in [2.75, 3.05) is 12.0 Å². The Balaban J connectivity index is 2.01. The van der Waals surface area contributed by atoms with Gasteiger partial charge in [0.2, 0.25) is 0 Å². The molecule has 1 heterocycles. The summed E-state index contributed by atoms with van der Waals surface area (Å²) in [6, 6.07) is 18.9. The number of nitrogens with zero attached hydrogens (tertiary/aromatic N) is 1. The monoisotopic (exact) mass is 447 g/mol. The van der Waals surface area contributed by atoms with Gasteiger partial charge >= 0.3 is 0 Å². The van der Waals surface area contributed by atoms with E-state index < -0.39 is 17.7 Å². The number of hydrogen-bond donors (Lipinski definition) is 1. The lowest BCUT2D eigenvalue weighted by Gasteiger charge is -2.27. The Morgan fingerprint density at radius 3 is 2.41 bits per heavy atom. The number of hydrogen-bond acceptors (Lipinski definition) is 4. The van der Waals surface area contributed by atoms with Crippen LogP contribution >= 0.6 is 11.6 Å². The third-order valence-electron chi connectivity index (χ3n) is 5.60. The molecule has 0 aliphatic carbocycles. The van der Waals surface area contributed by atoms with Crippen molar-refractivity contribution >= 4 is 34.7 Å². The summed E-state index contributed by atoms with van der Waals surface area (Å²) < 4.78 is 5.37. The number of carbonyl (C=O) groups excluding carboxylic acids is 2. The molecule has 1 fully saturated rings. The first-order valence-corrected chi connectivity index (χ1v) is 10.5. The van der Waals surface area contributed by atoms with Gasteiger partial charge in [-0.05, 0) is 54.8 Å². The quantitative estimate of drug-likeness (QED) is 0.321. The van der Waals surface area contributed by atoms with Crippen molar-refractivity contribution in [1.82, 2.24) is 0 Å². The summed E-state index contributed by atoms with van der Waals surface area (Å²) in [6.07, 6.45) is 0. The Morgan fingerprint density at radius 2 is 1.72 bits per heavy atom. The van der Waals surface area contributed by atoms with Crippen LogP contribution in [0.15, 0.2) is 72.3 Å². The Kier molecular flexibility index (Phi) is 5.76. The van der Waals surface area contributed by atoms with E-state index in [0.717, 1.165) is 11.1 Å². The molecule has 0 saturated carbocycles. The van der Waals surface area contributed by atoms with Crippen molar-refractivity contribution in [3.05, 3.63) is 99.6 Å². The van der Waals surface area contributed by atoms with E-state index >= 15 is 0 Å². The van der Waals surface area contributed by atoms with Crippen LogP contribution in [0.5, 0.6) is 5.75 Å². The zero-order valence-corrected chi connectivity index (χ0v) is 18.7. The molecule has 32 heavy (non-hydrogen) atoms. The highest BCUT2D eigenvalue weighted by Gasteiger charge is 2.47. The van der Waals surface area contributed by atoms with Crippen LogP contribution in [-0.2, 0) is 9.59 Å². The summed E-state index contributed by atoms with van der Waals surface area (Å²) in [5, 5.41) is 11.7. The Hall–Kier alpha value is -3.57. The second-order valence-electron chi connectivity index (χ2n) is 7.71. The number of Topliss-reactive ketones (excluding diaryl/α,β-unsaturated/α-hetero) is 1. The van der Waals surface area contributed by atoms with E-state index in [0.29, 0.717) is 22.0 Å². The number of rotatable bonds is 4. The van der Waals surface area contributed by atoms with Gasteiger partial charge in [-0.25, -0.2) is 0 Å². The maximum atomic E-state index is 13.3. The first kappa shape index (κ1) is 21.7. The molecule has 0 spiro atoms. The summed E-state index contributed by atoms with van der Waals surface area (Å²) >= 11 is 6.15. The summed E-state index contributed by atoms with van der Waals surface area (Å²) in [5.74, 6) is -1.45. The molecule has 1 aliphatic heterocycles. The van der Waals surface area contributed by atoms with Crippen molar-refractivity contribution in [2.45, 2.75) is 19.9 Å². The summed E-state index contributed by atoms with van der Waals surface area (Å²) in [5.41, 5.74) is 3.37. The van der Waals surface area contributed by atoms with Crippen molar-refractivity contribution < 1.29 is 19.4 Å². The third kappa shape index (κ3) is 3.65. The number of halogens is 1. The molecule has 0 radical (unpaired) electrons. The number of benzene rings is 3.